The number of amides is 7. The van der Waals surface area contributed by atoms with E-state index in [1.807, 2.05) is 13.0 Å². The van der Waals surface area contributed by atoms with Crippen LogP contribution in [0, 0.1) is 17.8 Å². The summed E-state index contributed by atoms with van der Waals surface area (Å²) in [7, 11) is 5.59. The number of ether oxygens (including phenoxy) is 3. The zero-order valence-electron chi connectivity index (χ0n) is 46.3. The SMILES string of the molecule is CC[C@H](C)[C@@H](C(=O)N[C@@H](COC(C)(C)C)C(=O)N(C)[C@@H](Cc1ccccc1)C(=O)N(C)[C@H](C(=O)N[C@@H](CC(=O)OC(C)(C)C)C(=O)O)C(C)C)N(C)C(=O)CN(C)C(=O)[C@@H](NC(=O)OCc1ccccc1)C(C)C. The summed E-state index contributed by atoms with van der Waals surface area (Å²) >= 11 is 0. The number of esters is 1. The molecule has 2 rings (SSSR count). The van der Waals surface area contributed by atoms with Crippen LogP contribution >= 0.6 is 0 Å². The summed E-state index contributed by atoms with van der Waals surface area (Å²) in [5, 5.41) is 17.8. The lowest BCUT2D eigenvalue weighted by atomic mass is 9.96. The Morgan fingerprint density at radius 3 is 1.64 bits per heavy atom. The second-order valence-electron chi connectivity index (χ2n) is 21.4. The van der Waals surface area contributed by atoms with Crippen molar-refractivity contribution in [2.24, 2.45) is 17.8 Å². The van der Waals surface area contributed by atoms with E-state index in [4.69, 9.17) is 14.2 Å². The Labute approximate surface area is 437 Å². The zero-order valence-corrected chi connectivity index (χ0v) is 46.3. The molecule has 20 heteroatoms. The van der Waals surface area contributed by atoms with Crippen LogP contribution in [0.3, 0.4) is 0 Å². The second kappa shape index (κ2) is 28.8. The Bertz CT molecular complexity index is 2210. The van der Waals surface area contributed by atoms with Gasteiger partial charge in [0.1, 0.15) is 48.5 Å². The molecule has 0 radical (unpaired) electrons. The van der Waals surface area contributed by atoms with Gasteiger partial charge in [0.15, 0.2) is 0 Å². The van der Waals surface area contributed by atoms with Crippen molar-refractivity contribution in [2.45, 2.75) is 156 Å². The molecule has 2 aromatic carbocycles. The molecule has 0 fully saturated rings. The molecular formula is C54H83N7O13. The van der Waals surface area contributed by atoms with Gasteiger partial charge in [-0.05, 0) is 70.4 Å². The highest BCUT2D eigenvalue weighted by Gasteiger charge is 2.42. The monoisotopic (exact) mass is 1040 g/mol. The smallest absolute Gasteiger partial charge is 0.408 e. The van der Waals surface area contributed by atoms with Gasteiger partial charge in [-0.3, -0.25) is 33.6 Å². The van der Waals surface area contributed by atoms with Crippen LogP contribution < -0.4 is 16.0 Å². The molecule has 0 bridgehead atoms. The first-order chi connectivity index (χ1) is 34.3. The molecule has 4 N–H and O–H groups in total. The fraction of sp³-hybridized carbons (Fsp3) is 0.611. The summed E-state index contributed by atoms with van der Waals surface area (Å²) in [6, 6.07) is 9.94. The van der Waals surface area contributed by atoms with Gasteiger partial charge in [0.2, 0.25) is 35.4 Å². The number of benzene rings is 2. The van der Waals surface area contributed by atoms with E-state index >= 15 is 0 Å². The van der Waals surface area contributed by atoms with Crippen LogP contribution in [0.15, 0.2) is 60.7 Å². The number of carbonyl (C=O) groups is 9. The number of alkyl carbamates (subject to hydrolysis) is 1. The van der Waals surface area contributed by atoms with Crippen molar-refractivity contribution < 1.29 is 62.5 Å². The molecule has 0 heterocycles. The van der Waals surface area contributed by atoms with Crippen LogP contribution in [0.1, 0.15) is 107 Å². The van der Waals surface area contributed by atoms with Gasteiger partial charge >= 0.3 is 18.0 Å². The van der Waals surface area contributed by atoms with Gasteiger partial charge in [0.25, 0.3) is 0 Å². The van der Waals surface area contributed by atoms with E-state index in [0.717, 1.165) is 15.4 Å². The lowest BCUT2D eigenvalue weighted by Crippen LogP contribution is -2.62. The van der Waals surface area contributed by atoms with Gasteiger partial charge < -0.3 is 54.9 Å². The number of hydrogen-bond acceptors (Lipinski definition) is 12. The first kappa shape index (κ1) is 63.5. The Morgan fingerprint density at radius 1 is 0.622 bits per heavy atom. The van der Waals surface area contributed by atoms with E-state index in [0.29, 0.717) is 12.0 Å². The van der Waals surface area contributed by atoms with E-state index in [1.165, 1.54) is 38.0 Å². The Kier molecular flexibility index (Phi) is 24.7. The molecule has 2 aromatic rings. The summed E-state index contributed by atoms with van der Waals surface area (Å²) in [5.41, 5.74) is -0.318. The maximum atomic E-state index is 14.9. The van der Waals surface area contributed by atoms with Crippen LogP contribution in [0.25, 0.3) is 0 Å². The third-order valence-corrected chi connectivity index (χ3v) is 12.2. The minimum atomic E-state index is -1.68. The molecule has 0 aliphatic carbocycles. The normalized spacial score (nSPS) is 14.5. The maximum Gasteiger partial charge on any atom is 0.408 e. The first-order valence-corrected chi connectivity index (χ1v) is 25.0. The zero-order chi connectivity index (χ0) is 56.4. The molecule has 74 heavy (non-hydrogen) atoms. The van der Waals surface area contributed by atoms with Crippen LogP contribution in [0.5, 0.6) is 0 Å². The van der Waals surface area contributed by atoms with Gasteiger partial charge in [0, 0.05) is 34.6 Å². The first-order valence-electron chi connectivity index (χ1n) is 25.0. The highest BCUT2D eigenvalue weighted by atomic mass is 16.6. The van der Waals surface area contributed by atoms with Crippen molar-refractivity contribution >= 4 is 53.5 Å². The molecule has 7 amide bonds. The van der Waals surface area contributed by atoms with Crippen molar-refractivity contribution in [1.82, 2.24) is 35.6 Å². The van der Waals surface area contributed by atoms with Crippen molar-refractivity contribution in [1.29, 1.82) is 0 Å². The Hall–Kier alpha value is -6.57. The predicted octanol–water partition coefficient (Wildman–Crippen LogP) is 4.42. The average molecular weight is 1040 g/mol. The highest BCUT2D eigenvalue weighted by Crippen LogP contribution is 2.21. The summed E-state index contributed by atoms with van der Waals surface area (Å²) in [6.45, 7) is 19.7. The number of rotatable bonds is 26. The molecule has 20 nitrogen and oxygen atoms in total. The van der Waals surface area contributed by atoms with E-state index < -0.39 is 132 Å². The number of likely N-dealkylation sites (N-methyl/N-ethyl adjacent to an activating group) is 4. The minimum absolute atomic E-state index is 0.0175. The third-order valence-electron chi connectivity index (χ3n) is 12.2. The summed E-state index contributed by atoms with van der Waals surface area (Å²) < 4.78 is 16.7. The number of nitrogens with one attached hydrogen (secondary N) is 3. The standard InChI is InChI=1S/C54H83N7O13/c1-17-35(6)45(60(15)41(62)30-58(13)50(68)43(33(2)3)57-52(71)72-31-37-26-22-19-23-27-37)47(65)56-39(32-73-53(7,8)9)48(66)59(14)40(28-36-24-20-18-21-25-36)49(67)61(16)44(34(4)5)46(64)55-38(51(69)70)29-42(63)74-54(10,11)12/h18-27,33-35,38-40,43-45H,17,28-32H2,1-16H3,(H,55,64)(H,56,65)(H,57,71)(H,69,70)/t35-,38-,39-,40-,43-,44-,45-/m0/s1. The number of carboxylic acids is 1. The average Bonchev–Trinajstić information content (AvgIpc) is 3.31. The number of carboxylic acid groups (broad SMARTS) is 1. The molecule has 0 aliphatic heterocycles. The van der Waals surface area contributed by atoms with Crippen LogP contribution in [-0.2, 0) is 65.6 Å². The van der Waals surface area contributed by atoms with Crippen LogP contribution in [0.2, 0.25) is 0 Å². The van der Waals surface area contributed by atoms with Gasteiger partial charge in [-0.25, -0.2) is 9.59 Å². The summed E-state index contributed by atoms with van der Waals surface area (Å²) in [4.78, 5) is 129. The molecule has 0 unspecified atom stereocenters. The van der Waals surface area contributed by atoms with E-state index in [1.54, 1.807) is 131 Å². The van der Waals surface area contributed by atoms with E-state index in [-0.39, 0.29) is 19.6 Å². The lowest BCUT2D eigenvalue weighted by Gasteiger charge is -2.38. The largest absolute Gasteiger partial charge is 0.480 e. The Morgan fingerprint density at radius 2 is 1.15 bits per heavy atom. The van der Waals surface area contributed by atoms with Crippen LogP contribution in [-0.4, -0.2) is 167 Å². The van der Waals surface area contributed by atoms with Crippen molar-refractivity contribution in [3.05, 3.63) is 71.8 Å². The van der Waals surface area contributed by atoms with Crippen molar-refractivity contribution in [2.75, 3.05) is 41.3 Å². The second-order valence-corrected chi connectivity index (χ2v) is 21.4. The number of hydrogen-bond donors (Lipinski definition) is 4. The highest BCUT2D eigenvalue weighted by molar-refractivity contribution is 5.97. The molecule has 0 aromatic heterocycles. The predicted molar refractivity (Wildman–Crippen MR) is 278 cm³/mol. The molecule has 0 saturated carbocycles. The molecule has 0 saturated heterocycles. The topological polar surface area (TPSA) is 251 Å². The summed E-state index contributed by atoms with van der Waals surface area (Å²) in [5.74, 6) is -7.99. The number of aliphatic carboxylic acids is 1. The number of nitrogens with zero attached hydrogens (tertiary/aromatic N) is 4. The lowest BCUT2D eigenvalue weighted by molar-refractivity contribution is -0.159. The van der Waals surface area contributed by atoms with Crippen molar-refractivity contribution in [3.8, 4) is 0 Å². The third kappa shape index (κ3) is 20.4. The fourth-order valence-corrected chi connectivity index (χ4v) is 7.93. The maximum absolute atomic E-state index is 14.9. The molecule has 7 atom stereocenters. The van der Waals surface area contributed by atoms with E-state index in [9.17, 15) is 48.3 Å². The van der Waals surface area contributed by atoms with Gasteiger partial charge in [-0.2, -0.15) is 0 Å². The number of carbonyl (C=O) groups excluding carboxylic acids is 8. The van der Waals surface area contributed by atoms with Gasteiger partial charge in [0.05, 0.1) is 25.2 Å². The molecule has 0 spiro atoms. The van der Waals surface area contributed by atoms with Gasteiger partial charge in [-0.1, -0.05) is 109 Å². The quantitative estimate of drug-likeness (QED) is 0.0954. The summed E-state index contributed by atoms with van der Waals surface area (Å²) in [6.07, 6.45) is -1.12. The van der Waals surface area contributed by atoms with Crippen LogP contribution in [0.4, 0.5) is 4.79 Å². The fourth-order valence-electron chi connectivity index (χ4n) is 7.93. The minimum Gasteiger partial charge on any atom is -0.480 e. The van der Waals surface area contributed by atoms with Crippen molar-refractivity contribution in [3.63, 3.8) is 0 Å². The Balaban J connectivity index is 2.48. The van der Waals surface area contributed by atoms with Gasteiger partial charge in [-0.15, -0.1) is 0 Å². The molecule has 412 valence electrons. The van der Waals surface area contributed by atoms with E-state index in [2.05, 4.69) is 16.0 Å². The molecule has 0 aliphatic rings. The molecular weight excluding hydrogens is 955 g/mol.